The van der Waals surface area contributed by atoms with Gasteiger partial charge in [-0.25, -0.2) is 8.78 Å². The number of hydrogen-bond acceptors (Lipinski definition) is 4. The fraction of sp³-hybridized carbons (Fsp3) is 0.250. The smallest absolute Gasteiger partial charge is 0.364 e. The maximum absolute atomic E-state index is 12.6. The van der Waals surface area contributed by atoms with Crippen molar-refractivity contribution in [3.8, 4) is 0 Å². The minimum atomic E-state index is -3.03. The summed E-state index contributed by atoms with van der Waals surface area (Å²) in [7, 11) is 0. The molecule has 0 aliphatic carbocycles. The van der Waals surface area contributed by atoms with Gasteiger partial charge in [-0.05, 0) is 9.91 Å². The van der Waals surface area contributed by atoms with Crippen molar-refractivity contribution in [3.05, 3.63) is 33.0 Å². The van der Waals surface area contributed by atoms with Crippen LogP contribution in [0.25, 0.3) is 0 Å². The van der Waals surface area contributed by atoms with E-state index in [0.717, 1.165) is 0 Å². The number of alkyl halides is 2. The maximum atomic E-state index is 12.6. The van der Waals surface area contributed by atoms with Gasteiger partial charge >= 0.3 is 5.82 Å². The molecule has 8 heteroatoms. The zero-order valence-corrected chi connectivity index (χ0v) is 8.11. The number of primary amides is 1. The van der Waals surface area contributed by atoms with Gasteiger partial charge in [0.15, 0.2) is 5.69 Å². The summed E-state index contributed by atoms with van der Waals surface area (Å²) in [5.74, 6) is -1.83. The highest BCUT2D eigenvalue weighted by molar-refractivity contribution is 5.95. The topological polar surface area (TPSA) is 99.1 Å². The highest BCUT2D eigenvalue weighted by atomic mass is 19.3. The second-order valence-electron chi connectivity index (χ2n) is 2.95. The van der Waals surface area contributed by atoms with Crippen LogP contribution in [0.3, 0.4) is 0 Å². The van der Waals surface area contributed by atoms with E-state index < -0.39 is 34.2 Å². The lowest BCUT2D eigenvalue weighted by atomic mass is 10.1. The van der Waals surface area contributed by atoms with Gasteiger partial charge in [0.2, 0.25) is 0 Å². The Labute approximate surface area is 88.2 Å². The Kier molecular flexibility index (Phi) is 3.11. The Morgan fingerprint density at radius 1 is 1.62 bits per heavy atom. The molecule has 0 radical (unpaired) electrons. The number of nitrogens with zero attached hydrogens (tertiary/aromatic N) is 2. The third kappa shape index (κ3) is 2.10. The van der Waals surface area contributed by atoms with Crippen LogP contribution in [0.4, 0.5) is 14.6 Å². The number of pyridine rings is 1. The van der Waals surface area contributed by atoms with Crippen LogP contribution in [-0.2, 0) is 0 Å². The molecule has 1 aromatic heterocycles. The van der Waals surface area contributed by atoms with E-state index in [1.807, 2.05) is 0 Å². The largest absolute Gasteiger partial charge is 0.365 e. The van der Waals surface area contributed by atoms with Gasteiger partial charge in [-0.15, -0.1) is 0 Å². The molecule has 0 aliphatic rings. The summed E-state index contributed by atoms with van der Waals surface area (Å²) in [6, 6.07) is 0.553. The fourth-order valence-electron chi connectivity index (χ4n) is 1.27. The summed E-state index contributed by atoms with van der Waals surface area (Å²) in [5, 5.41) is 10.4. The highest BCUT2D eigenvalue weighted by Gasteiger charge is 2.26. The lowest BCUT2D eigenvalue weighted by Crippen LogP contribution is -2.17. The number of hydrogen-bond donors (Lipinski definition) is 1. The molecule has 0 saturated carbocycles. The van der Waals surface area contributed by atoms with E-state index in [1.54, 1.807) is 0 Å². The van der Waals surface area contributed by atoms with Crippen molar-refractivity contribution >= 4 is 11.7 Å². The minimum Gasteiger partial charge on any atom is -0.365 e. The van der Waals surface area contributed by atoms with Crippen LogP contribution in [0.5, 0.6) is 0 Å². The SMILES string of the molecule is Cc1nc([N+](=O)[O-])cc(C(F)F)c1C(N)=O. The quantitative estimate of drug-likeness (QED) is 0.626. The fourth-order valence-corrected chi connectivity index (χ4v) is 1.27. The number of halogens is 2. The second kappa shape index (κ2) is 4.17. The molecule has 1 rings (SSSR count). The summed E-state index contributed by atoms with van der Waals surface area (Å²) >= 11 is 0. The van der Waals surface area contributed by atoms with E-state index in [2.05, 4.69) is 4.98 Å². The maximum Gasteiger partial charge on any atom is 0.364 e. The first-order chi connectivity index (χ1) is 7.34. The number of nitro groups is 1. The van der Waals surface area contributed by atoms with Crippen LogP contribution < -0.4 is 5.73 Å². The lowest BCUT2D eigenvalue weighted by Gasteiger charge is -2.05. The molecule has 0 atom stereocenters. The first kappa shape index (κ1) is 12.0. The molecule has 16 heavy (non-hydrogen) atoms. The van der Waals surface area contributed by atoms with Crippen molar-refractivity contribution in [2.75, 3.05) is 0 Å². The predicted molar refractivity (Wildman–Crippen MR) is 49.1 cm³/mol. The number of rotatable bonds is 3. The molecule has 0 aliphatic heterocycles. The summed E-state index contributed by atoms with van der Waals surface area (Å²) in [4.78, 5) is 23.8. The monoisotopic (exact) mass is 231 g/mol. The summed E-state index contributed by atoms with van der Waals surface area (Å²) in [5.41, 5.74) is 3.47. The Bertz CT molecular complexity index is 462. The Morgan fingerprint density at radius 3 is 2.56 bits per heavy atom. The third-order valence-electron chi connectivity index (χ3n) is 1.89. The molecule has 1 amide bonds. The number of aromatic nitrogens is 1. The van der Waals surface area contributed by atoms with Crippen molar-refractivity contribution in [3.63, 3.8) is 0 Å². The molecule has 0 fully saturated rings. The predicted octanol–water partition coefficient (Wildman–Crippen LogP) is 1.33. The molecule has 0 saturated heterocycles. The second-order valence-corrected chi connectivity index (χ2v) is 2.95. The van der Waals surface area contributed by atoms with E-state index in [0.29, 0.717) is 6.07 Å². The van der Waals surface area contributed by atoms with Crippen molar-refractivity contribution in [1.82, 2.24) is 4.98 Å². The number of amides is 1. The van der Waals surface area contributed by atoms with Crippen molar-refractivity contribution in [2.24, 2.45) is 5.73 Å². The van der Waals surface area contributed by atoms with E-state index in [4.69, 9.17) is 5.73 Å². The van der Waals surface area contributed by atoms with E-state index in [-0.39, 0.29) is 5.69 Å². The molecule has 6 nitrogen and oxygen atoms in total. The zero-order valence-electron chi connectivity index (χ0n) is 8.11. The van der Waals surface area contributed by atoms with Gasteiger partial charge in [0.25, 0.3) is 12.3 Å². The van der Waals surface area contributed by atoms with Crippen LogP contribution in [0.15, 0.2) is 6.07 Å². The summed E-state index contributed by atoms with van der Waals surface area (Å²) in [6.45, 7) is 1.21. The van der Waals surface area contributed by atoms with Gasteiger partial charge in [-0.2, -0.15) is 0 Å². The van der Waals surface area contributed by atoms with E-state index >= 15 is 0 Å². The van der Waals surface area contributed by atoms with Crippen molar-refractivity contribution in [1.29, 1.82) is 0 Å². The van der Waals surface area contributed by atoms with E-state index in [1.165, 1.54) is 6.92 Å². The molecule has 86 valence electrons. The standard InChI is InChI=1S/C8H7F2N3O3/c1-3-6(8(11)14)4(7(9)10)2-5(12-3)13(15)16/h2,7H,1H3,(H2,11,14). The minimum absolute atomic E-state index is 0.183. The highest BCUT2D eigenvalue weighted by Crippen LogP contribution is 2.27. The van der Waals surface area contributed by atoms with E-state index in [9.17, 15) is 23.7 Å². The number of carbonyl (C=O) groups excluding carboxylic acids is 1. The first-order valence-electron chi connectivity index (χ1n) is 4.08. The molecule has 1 aromatic rings. The van der Waals surface area contributed by atoms with Crippen LogP contribution >= 0.6 is 0 Å². The molecule has 0 unspecified atom stereocenters. The molecule has 2 N–H and O–H groups in total. The van der Waals surface area contributed by atoms with Crippen LogP contribution in [0.2, 0.25) is 0 Å². The van der Waals surface area contributed by atoms with Crippen molar-refractivity contribution in [2.45, 2.75) is 13.3 Å². The van der Waals surface area contributed by atoms with Crippen LogP contribution in [0, 0.1) is 17.0 Å². The average molecular weight is 231 g/mol. The molecule has 0 spiro atoms. The third-order valence-corrected chi connectivity index (χ3v) is 1.89. The number of nitrogens with two attached hydrogens (primary N) is 1. The Morgan fingerprint density at radius 2 is 2.19 bits per heavy atom. The van der Waals surface area contributed by atoms with Gasteiger partial charge in [0.05, 0.1) is 5.56 Å². The van der Waals surface area contributed by atoms with Crippen LogP contribution in [-0.4, -0.2) is 15.8 Å². The van der Waals surface area contributed by atoms with Gasteiger partial charge in [-0.1, -0.05) is 0 Å². The molecular formula is C8H7F2N3O3. The molecule has 0 aromatic carbocycles. The van der Waals surface area contributed by atoms with Gasteiger partial charge in [0, 0.05) is 18.6 Å². The van der Waals surface area contributed by atoms with Gasteiger partial charge < -0.3 is 15.8 Å². The Balaban J connectivity index is 3.51. The zero-order chi connectivity index (χ0) is 12.5. The Hall–Kier alpha value is -2.12. The normalized spacial score (nSPS) is 10.5. The summed E-state index contributed by atoms with van der Waals surface area (Å²) in [6.07, 6.45) is -3.03. The first-order valence-corrected chi connectivity index (χ1v) is 4.08. The van der Waals surface area contributed by atoms with Gasteiger partial charge in [-0.3, -0.25) is 4.79 Å². The number of aryl methyl sites for hydroxylation is 1. The summed E-state index contributed by atoms with van der Waals surface area (Å²) < 4.78 is 25.1. The molecule has 1 heterocycles. The molecule has 0 bridgehead atoms. The van der Waals surface area contributed by atoms with Crippen LogP contribution in [0.1, 0.15) is 28.0 Å². The number of carbonyl (C=O) groups is 1. The average Bonchev–Trinajstić information content (AvgIpc) is 2.15. The van der Waals surface area contributed by atoms with Crippen molar-refractivity contribution < 1.29 is 18.5 Å². The lowest BCUT2D eigenvalue weighted by molar-refractivity contribution is -0.389. The van der Waals surface area contributed by atoms with Gasteiger partial charge in [0.1, 0.15) is 0 Å². The molecular weight excluding hydrogens is 224 g/mol.